The van der Waals surface area contributed by atoms with Crippen molar-refractivity contribution in [3.63, 3.8) is 0 Å². The maximum absolute atomic E-state index is 14.9. The fourth-order valence-corrected chi connectivity index (χ4v) is 4.20. The second kappa shape index (κ2) is 10.1. The van der Waals surface area contributed by atoms with Gasteiger partial charge >= 0.3 is 0 Å². The number of halogens is 1. The van der Waals surface area contributed by atoms with Gasteiger partial charge in [0, 0.05) is 11.1 Å². The van der Waals surface area contributed by atoms with Crippen molar-refractivity contribution in [3.05, 3.63) is 121 Å². The van der Waals surface area contributed by atoms with Crippen molar-refractivity contribution in [3.8, 4) is 57.0 Å². The van der Waals surface area contributed by atoms with Gasteiger partial charge in [-0.3, -0.25) is 0 Å². The zero-order valence-corrected chi connectivity index (χ0v) is 20.5. The highest BCUT2D eigenvalue weighted by Gasteiger charge is 2.21. The largest absolute Gasteiger partial charge is 0.508 e. The molecule has 190 valence electrons. The second-order valence-electron chi connectivity index (χ2n) is 8.71. The van der Waals surface area contributed by atoms with E-state index in [-0.39, 0.29) is 17.0 Å². The van der Waals surface area contributed by atoms with Gasteiger partial charge in [0.25, 0.3) is 0 Å². The van der Waals surface area contributed by atoms with Crippen LogP contribution < -0.4 is 9.47 Å². The van der Waals surface area contributed by atoms with Gasteiger partial charge in [0.15, 0.2) is 5.82 Å². The van der Waals surface area contributed by atoms with Crippen molar-refractivity contribution in [1.82, 2.24) is 9.97 Å². The molecule has 0 fully saturated rings. The Hall–Kier alpha value is -5.43. The predicted molar refractivity (Wildman–Crippen MR) is 147 cm³/mol. The van der Waals surface area contributed by atoms with E-state index in [1.54, 1.807) is 54.6 Å². The molecule has 0 saturated heterocycles. The van der Waals surface area contributed by atoms with E-state index in [0.29, 0.717) is 51.0 Å². The van der Waals surface area contributed by atoms with E-state index in [1.807, 2.05) is 42.5 Å². The summed E-state index contributed by atoms with van der Waals surface area (Å²) in [6.07, 6.45) is 0. The standard InChI is InChI=1S/C32H21FN2O4/c33-26-8-5-9-27-32(26)35-31(25-7-2-4-11-29(25)39-23-18-14-21(37)15-19-23)30(34-27)24-6-1-3-10-28(24)38-22-16-12-20(36)13-17-22/h1-19,36-37H. The van der Waals surface area contributed by atoms with Crippen molar-refractivity contribution >= 4 is 11.0 Å². The Morgan fingerprint density at radius 3 is 1.54 bits per heavy atom. The number of aromatic hydroxyl groups is 2. The van der Waals surface area contributed by atoms with Crippen molar-refractivity contribution in [2.75, 3.05) is 0 Å². The zero-order valence-electron chi connectivity index (χ0n) is 20.5. The smallest absolute Gasteiger partial charge is 0.151 e. The average molecular weight is 517 g/mol. The van der Waals surface area contributed by atoms with Gasteiger partial charge < -0.3 is 19.7 Å². The van der Waals surface area contributed by atoms with E-state index in [0.717, 1.165) is 0 Å². The Labute approximate surface area is 223 Å². The Morgan fingerprint density at radius 2 is 1.00 bits per heavy atom. The molecule has 0 saturated carbocycles. The van der Waals surface area contributed by atoms with Crippen LogP contribution in [-0.4, -0.2) is 20.2 Å². The van der Waals surface area contributed by atoms with Crippen LogP contribution in [0.5, 0.6) is 34.5 Å². The lowest BCUT2D eigenvalue weighted by Crippen LogP contribution is -2.00. The summed E-state index contributed by atoms with van der Waals surface area (Å²) in [7, 11) is 0. The molecule has 0 aliphatic heterocycles. The Balaban J connectivity index is 1.54. The molecule has 1 aromatic heterocycles. The Morgan fingerprint density at radius 1 is 0.513 bits per heavy atom. The van der Waals surface area contributed by atoms with Crippen LogP contribution in [-0.2, 0) is 0 Å². The molecule has 6 nitrogen and oxygen atoms in total. The first-order chi connectivity index (χ1) is 19.0. The number of aromatic nitrogens is 2. The Bertz CT molecular complexity index is 1790. The van der Waals surface area contributed by atoms with Crippen molar-refractivity contribution in [1.29, 1.82) is 0 Å². The summed E-state index contributed by atoms with van der Waals surface area (Å²) >= 11 is 0. The molecule has 0 unspecified atom stereocenters. The highest BCUT2D eigenvalue weighted by Crippen LogP contribution is 2.42. The summed E-state index contributed by atoms with van der Waals surface area (Å²) in [5.41, 5.74) is 2.64. The number of benzene rings is 5. The number of rotatable bonds is 6. The predicted octanol–water partition coefficient (Wildman–Crippen LogP) is 8.10. The van der Waals surface area contributed by atoms with Crippen LogP contribution in [0.15, 0.2) is 115 Å². The van der Waals surface area contributed by atoms with Gasteiger partial charge in [-0.1, -0.05) is 30.3 Å². The molecule has 5 aromatic carbocycles. The van der Waals surface area contributed by atoms with Gasteiger partial charge in [-0.15, -0.1) is 0 Å². The Kier molecular flexibility index (Phi) is 6.23. The maximum Gasteiger partial charge on any atom is 0.151 e. The van der Waals surface area contributed by atoms with Crippen LogP contribution in [0.1, 0.15) is 0 Å². The third-order valence-electron chi connectivity index (χ3n) is 6.06. The molecule has 0 amide bonds. The molecule has 1 heterocycles. The summed E-state index contributed by atoms with van der Waals surface area (Å²) in [5, 5.41) is 19.3. The van der Waals surface area contributed by atoms with Crippen molar-refractivity contribution < 1.29 is 24.1 Å². The molecule has 2 N–H and O–H groups in total. The van der Waals surface area contributed by atoms with E-state index in [1.165, 1.54) is 18.2 Å². The maximum atomic E-state index is 14.9. The quantitative estimate of drug-likeness (QED) is 0.233. The van der Waals surface area contributed by atoms with E-state index < -0.39 is 5.82 Å². The lowest BCUT2D eigenvalue weighted by molar-refractivity contribution is 0.464. The van der Waals surface area contributed by atoms with Crippen LogP contribution in [0, 0.1) is 5.82 Å². The molecule has 0 bridgehead atoms. The van der Waals surface area contributed by atoms with Crippen LogP contribution >= 0.6 is 0 Å². The SMILES string of the molecule is Oc1ccc(Oc2ccccc2-c2nc3cccc(F)c3nc2-c2ccccc2Oc2ccc(O)cc2)cc1. The van der Waals surface area contributed by atoms with E-state index >= 15 is 0 Å². The normalized spacial score (nSPS) is 10.9. The minimum absolute atomic E-state index is 0.124. The molecule has 0 spiro atoms. The summed E-state index contributed by atoms with van der Waals surface area (Å²) < 4.78 is 27.2. The molecule has 0 atom stereocenters. The summed E-state index contributed by atoms with van der Waals surface area (Å²) in [5.74, 6) is 1.79. The van der Waals surface area contributed by atoms with Crippen LogP contribution in [0.25, 0.3) is 33.5 Å². The van der Waals surface area contributed by atoms with Gasteiger partial charge in [0.1, 0.15) is 51.4 Å². The molecule has 0 radical (unpaired) electrons. The van der Waals surface area contributed by atoms with Crippen molar-refractivity contribution in [2.24, 2.45) is 0 Å². The summed E-state index contributed by atoms with van der Waals surface area (Å²) in [6.45, 7) is 0. The lowest BCUT2D eigenvalue weighted by Gasteiger charge is -2.17. The van der Waals surface area contributed by atoms with Gasteiger partial charge in [-0.25, -0.2) is 14.4 Å². The first kappa shape index (κ1) is 23.9. The molecule has 39 heavy (non-hydrogen) atoms. The molecule has 6 rings (SSSR count). The molecule has 0 aliphatic rings. The fraction of sp³-hybridized carbons (Fsp3) is 0. The summed E-state index contributed by atoms with van der Waals surface area (Å²) in [4.78, 5) is 9.60. The van der Waals surface area contributed by atoms with E-state index in [4.69, 9.17) is 19.4 Å². The number of hydrogen-bond donors (Lipinski definition) is 2. The lowest BCUT2D eigenvalue weighted by atomic mass is 10.0. The fourth-order valence-electron chi connectivity index (χ4n) is 4.20. The first-order valence-corrected chi connectivity index (χ1v) is 12.1. The summed E-state index contributed by atoms with van der Waals surface area (Å²) in [6, 6.07) is 32.1. The number of nitrogens with zero attached hydrogens (tertiary/aromatic N) is 2. The number of para-hydroxylation sites is 3. The van der Waals surface area contributed by atoms with Gasteiger partial charge in [0.2, 0.25) is 0 Å². The average Bonchev–Trinajstić information content (AvgIpc) is 2.96. The van der Waals surface area contributed by atoms with Crippen LogP contribution in [0.3, 0.4) is 0 Å². The van der Waals surface area contributed by atoms with Crippen molar-refractivity contribution in [2.45, 2.75) is 0 Å². The first-order valence-electron chi connectivity index (χ1n) is 12.1. The molecule has 7 heteroatoms. The molecule has 6 aromatic rings. The zero-order chi connectivity index (χ0) is 26.8. The second-order valence-corrected chi connectivity index (χ2v) is 8.71. The molecule has 0 aliphatic carbocycles. The number of hydrogen-bond acceptors (Lipinski definition) is 6. The monoisotopic (exact) mass is 516 g/mol. The van der Waals surface area contributed by atoms with E-state index in [2.05, 4.69) is 0 Å². The molecular formula is C32H21FN2O4. The number of ether oxygens (including phenoxy) is 2. The number of fused-ring (bicyclic) bond motifs is 1. The third-order valence-corrected chi connectivity index (χ3v) is 6.06. The highest BCUT2D eigenvalue weighted by atomic mass is 19.1. The van der Waals surface area contributed by atoms with Gasteiger partial charge in [-0.2, -0.15) is 0 Å². The minimum atomic E-state index is -0.488. The van der Waals surface area contributed by atoms with Crippen LogP contribution in [0.2, 0.25) is 0 Å². The topological polar surface area (TPSA) is 84.7 Å². The van der Waals surface area contributed by atoms with Gasteiger partial charge in [0.05, 0.1) is 5.52 Å². The van der Waals surface area contributed by atoms with Crippen LogP contribution in [0.4, 0.5) is 4.39 Å². The molecular weight excluding hydrogens is 495 g/mol. The minimum Gasteiger partial charge on any atom is -0.508 e. The third kappa shape index (κ3) is 4.93. The number of phenolic OH excluding ortho intramolecular Hbond substituents is 2. The van der Waals surface area contributed by atoms with Gasteiger partial charge in [-0.05, 0) is 84.9 Å². The number of phenols is 2. The highest BCUT2D eigenvalue weighted by molar-refractivity contribution is 5.89. The van der Waals surface area contributed by atoms with E-state index in [9.17, 15) is 14.6 Å².